The van der Waals surface area contributed by atoms with Gasteiger partial charge in [-0.1, -0.05) is 73.1 Å². The number of hydrogen-bond acceptors (Lipinski definition) is 6. The summed E-state index contributed by atoms with van der Waals surface area (Å²) in [6.07, 6.45) is 5.00. The third-order valence-corrected chi connectivity index (χ3v) is 6.62. The van der Waals surface area contributed by atoms with Gasteiger partial charge in [0.15, 0.2) is 5.82 Å². The summed E-state index contributed by atoms with van der Waals surface area (Å²) in [5, 5.41) is 3.84. The van der Waals surface area contributed by atoms with Crippen molar-refractivity contribution in [3.05, 3.63) is 122 Å². The number of nitrogens with zero attached hydrogens (tertiary/aromatic N) is 4. The summed E-state index contributed by atoms with van der Waals surface area (Å²) in [5.74, 6) is 0.493. The molecule has 0 amide bonds. The first-order chi connectivity index (χ1) is 18.5. The van der Waals surface area contributed by atoms with Crippen molar-refractivity contribution in [2.45, 2.75) is 46.1 Å². The van der Waals surface area contributed by atoms with Crippen LogP contribution in [0.5, 0.6) is 0 Å². The maximum absolute atomic E-state index is 13.7. The Balaban J connectivity index is 0.00000220. The largest absolute Gasteiger partial charge is 0.439 e. The van der Waals surface area contributed by atoms with Gasteiger partial charge in [-0.15, -0.1) is 12.4 Å². The molecule has 5 aromatic rings. The van der Waals surface area contributed by atoms with Gasteiger partial charge in [-0.3, -0.25) is 23.9 Å². The monoisotopic (exact) mass is 583 g/mol. The van der Waals surface area contributed by atoms with E-state index in [9.17, 15) is 9.59 Å². The summed E-state index contributed by atoms with van der Waals surface area (Å²) in [6, 6.07) is 21.5. The maximum atomic E-state index is 13.7. The molecule has 5 rings (SSSR count). The Hall–Kier alpha value is -3.04. The average molecular weight is 584 g/mol. The van der Waals surface area contributed by atoms with Gasteiger partial charge in [0.2, 0.25) is 0 Å². The van der Waals surface area contributed by atoms with E-state index in [2.05, 4.69) is 22.0 Å². The minimum Gasteiger partial charge on any atom is -0.296 e. The second-order valence-electron chi connectivity index (χ2n) is 9.26. The van der Waals surface area contributed by atoms with Crippen molar-refractivity contribution in [1.82, 2.24) is 24.7 Å². The van der Waals surface area contributed by atoms with Gasteiger partial charge in [-0.25, -0.2) is 9.78 Å². The molecule has 10 heteroatoms. The zero-order chi connectivity index (χ0) is 26.5. The van der Waals surface area contributed by atoms with Gasteiger partial charge in [0.1, 0.15) is 5.82 Å². The van der Waals surface area contributed by atoms with Gasteiger partial charge in [0, 0.05) is 61.5 Å². The Kier molecular flexibility index (Phi) is 11.5. The standard InChI is InChI=1S/C30H29N5O3.Ca.ClH/c1-3-4-12-27-26(29(36)35(20(2)32-27)19-23-9-7-8-17-31-23)18-21-13-15-22(16-14-21)24-10-5-6-11-25(24)28-33-30(37)38-34-28;;/h5-11,13-17H,3-4,12,18-19H2,1-2H3,(H,33,34,37);;1H. The molecule has 202 valence electrons. The minimum atomic E-state index is -0.593. The number of halogens is 1. The number of benzene rings is 2. The number of pyridine rings is 1. The summed E-state index contributed by atoms with van der Waals surface area (Å²) in [4.78, 5) is 37.1. The molecule has 0 aliphatic carbocycles. The Morgan fingerprint density at radius 2 is 1.68 bits per heavy atom. The SMILES string of the molecule is CCCCc1nc(C)n(Cc2ccccn2)c(=O)c1Cc1ccc(-c2ccccc2-c2noc(=O)[nH]2)cc1.Cl.[Ca]. The molecule has 2 aromatic carbocycles. The number of aryl methyl sites for hydroxylation is 2. The number of hydrogen-bond donors (Lipinski definition) is 1. The number of unbranched alkanes of at least 4 members (excludes halogenated alkanes) is 1. The summed E-state index contributed by atoms with van der Waals surface area (Å²) < 4.78 is 6.42. The Bertz CT molecular complexity index is 1660. The van der Waals surface area contributed by atoms with Crippen LogP contribution in [0.4, 0.5) is 0 Å². The van der Waals surface area contributed by atoms with Crippen LogP contribution in [-0.4, -0.2) is 62.4 Å². The van der Waals surface area contributed by atoms with Crippen molar-refractivity contribution in [3.63, 3.8) is 0 Å². The van der Waals surface area contributed by atoms with E-state index < -0.39 is 5.76 Å². The van der Waals surface area contributed by atoms with Crippen LogP contribution in [-0.2, 0) is 19.4 Å². The van der Waals surface area contributed by atoms with Crippen molar-refractivity contribution in [3.8, 4) is 22.5 Å². The Labute approximate surface area is 268 Å². The first kappa shape index (κ1) is 31.5. The predicted molar refractivity (Wildman–Crippen MR) is 159 cm³/mol. The van der Waals surface area contributed by atoms with Crippen LogP contribution < -0.4 is 11.3 Å². The van der Waals surface area contributed by atoms with E-state index in [4.69, 9.17) is 9.51 Å². The van der Waals surface area contributed by atoms with Crippen LogP contribution in [0.15, 0.2) is 87.0 Å². The van der Waals surface area contributed by atoms with E-state index in [1.165, 1.54) is 0 Å². The molecule has 0 bridgehead atoms. The van der Waals surface area contributed by atoms with Gasteiger partial charge in [0.25, 0.3) is 5.56 Å². The molecule has 0 spiro atoms. The normalized spacial score (nSPS) is 10.6. The van der Waals surface area contributed by atoms with Crippen LogP contribution in [0.1, 0.15) is 48.1 Å². The molecule has 0 atom stereocenters. The summed E-state index contributed by atoms with van der Waals surface area (Å²) in [5.41, 5.74) is 6.08. The van der Waals surface area contributed by atoms with E-state index in [0.29, 0.717) is 24.6 Å². The molecule has 8 nitrogen and oxygen atoms in total. The first-order valence-corrected chi connectivity index (χ1v) is 12.8. The molecule has 0 aliphatic rings. The van der Waals surface area contributed by atoms with Gasteiger partial charge in [-0.05, 0) is 48.6 Å². The van der Waals surface area contributed by atoms with Gasteiger partial charge >= 0.3 is 5.76 Å². The van der Waals surface area contributed by atoms with Crippen LogP contribution in [0.25, 0.3) is 22.5 Å². The maximum Gasteiger partial charge on any atom is 0.439 e. The first-order valence-electron chi connectivity index (χ1n) is 12.8. The predicted octanol–water partition coefficient (Wildman–Crippen LogP) is 4.98. The summed E-state index contributed by atoms with van der Waals surface area (Å²) in [7, 11) is 0. The molecule has 0 saturated heterocycles. The number of aromatic nitrogens is 5. The molecule has 0 saturated carbocycles. The second kappa shape index (κ2) is 14.6. The minimum absolute atomic E-state index is 0. The molecule has 0 fully saturated rings. The Morgan fingerprint density at radius 1 is 0.950 bits per heavy atom. The molecule has 3 aromatic heterocycles. The van der Waals surface area contributed by atoms with E-state index in [1.807, 2.05) is 73.7 Å². The van der Waals surface area contributed by atoms with E-state index in [0.717, 1.165) is 58.5 Å². The number of H-pyrrole nitrogens is 1. The smallest absolute Gasteiger partial charge is 0.296 e. The van der Waals surface area contributed by atoms with Crippen LogP contribution in [0, 0.1) is 6.92 Å². The molecule has 2 radical (unpaired) electrons. The van der Waals surface area contributed by atoms with Gasteiger partial charge < -0.3 is 0 Å². The zero-order valence-corrected chi connectivity index (χ0v) is 25.6. The van der Waals surface area contributed by atoms with E-state index >= 15 is 0 Å². The van der Waals surface area contributed by atoms with Crippen molar-refractivity contribution < 1.29 is 4.52 Å². The molecular formula is C30H30CaClN5O3. The number of rotatable bonds is 9. The van der Waals surface area contributed by atoms with Crippen LogP contribution in [0.3, 0.4) is 0 Å². The van der Waals surface area contributed by atoms with Crippen LogP contribution >= 0.6 is 12.4 Å². The fraction of sp³-hybridized carbons (Fsp3) is 0.233. The quantitative estimate of drug-likeness (QED) is 0.245. The van der Waals surface area contributed by atoms with Crippen molar-refractivity contribution in [1.29, 1.82) is 0 Å². The fourth-order valence-electron chi connectivity index (χ4n) is 4.62. The van der Waals surface area contributed by atoms with Gasteiger partial charge in [0.05, 0.1) is 17.9 Å². The number of aromatic amines is 1. The summed E-state index contributed by atoms with van der Waals surface area (Å²) in [6.45, 7) is 4.41. The number of nitrogens with one attached hydrogen (secondary N) is 1. The molecule has 40 heavy (non-hydrogen) atoms. The van der Waals surface area contributed by atoms with E-state index in [1.54, 1.807) is 10.8 Å². The second-order valence-corrected chi connectivity index (χ2v) is 9.26. The molecule has 0 aliphatic heterocycles. The molecule has 1 N–H and O–H groups in total. The van der Waals surface area contributed by atoms with Crippen LogP contribution in [0.2, 0.25) is 0 Å². The fourth-order valence-corrected chi connectivity index (χ4v) is 4.62. The van der Waals surface area contributed by atoms with E-state index in [-0.39, 0.29) is 55.7 Å². The average Bonchev–Trinajstić information content (AvgIpc) is 3.38. The van der Waals surface area contributed by atoms with Crippen molar-refractivity contribution >= 4 is 50.1 Å². The molecule has 0 unspecified atom stereocenters. The van der Waals surface area contributed by atoms with Crippen molar-refractivity contribution in [2.24, 2.45) is 0 Å². The summed E-state index contributed by atoms with van der Waals surface area (Å²) >= 11 is 0. The molecule has 3 heterocycles. The van der Waals surface area contributed by atoms with Crippen molar-refractivity contribution in [2.75, 3.05) is 0 Å². The molecular weight excluding hydrogens is 554 g/mol. The van der Waals surface area contributed by atoms with Gasteiger partial charge in [-0.2, -0.15) is 0 Å². The topological polar surface area (TPSA) is 107 Å². The third-order valence-electron chi connectivity index (χ3n) is 6.62. The Morgan fingerprint density at radius 3 is 2.33 bits per heavy atom. The zero-order valence-electron chi connectivity index (χ0n) is 22.6. The third kappa shape index (κ3) is 7.18.